The van der Waals surface area contributed by atoms with Crippen LogP contribution in [-0.4, -0.2) is 12.6 Å². The van der Waals surface area contributed by atoms with E-state index in [0.717, 1.165) is 5.92 Å². The molecule has 5 aliphatic rings. The minimum Gasteiger partial charge on any atom is -0.465 e. The number of carbonyl (C=O) groups excluding carboxylic acids is 1. The quantitative estimate of drug-likeness (QED) is 0.282. The van der Waals surface area contributed by atoms with Crippen molar-refractivity contribution in [1.82, 2.24) is 0 Å². The van der Waals surface area contributed by atoms with Crippen molar-refractivity contribution in [2.45, 2.75) is 113 Å². The first-order valence-electron chi connectivity index (χ1n) is 13.5. The smallest absolute Gasteiger partial charge is 0.306 e. The van der Waals surface area contributed by atoms with E-state index in [1.54, 1.807) is 5.57 Å². The maximum Gasteiger partial charge on any atom is 0.306 e. The number of hydrogen-bond donors (Lipinski definition) is 0. The van der Waals surface area contributed by atoms with Gasteiger partial charge in [-0.3, -0.25) is 4.79 Å². The molecule has 0 aromatic heterocycles. The summed E-state index contributed by atoms with van der Waals surface area (Å²) in [5, 5.41) is 0. The Morgan fingerprint density at radius 3 is 2.12 bits per heavy atom. The van der Waals surface area contributed by atoms with Gasteiger partial charge in [0.05, 0.1) is 13.0 Å². The fourth-order valence-electron chi connectivity index (χ4n) is 10.5. The monoisotopic (exact) mass is 440 g/mol. The SMILES string of the molecule is CC1(C)CC[C@]2(C)CC=C3[C@]4(C)CC[C@H]5C(C)(C)COC(=O)C[C@]5(C)[C@H]4CC[C@@]3(C)[C@@H]2C1. The Morgan fingerprint density at radius 2 is 1.44 bits per heavy atom. The molecule has 180 valence electrons. The van der Waals surface area contributed by atoms with E-state index in [-0.39, 0.29) is 22.2 Å². The summed E-state index contributed by atoms with van der Waals surface area (Å²) in [4.78, 5) is 12.8. The maximum atomic E-state index is 12.8. The zero-order valence-electron chi connectivity index (χ0n) is 22.2. The highest BCUT2D eigenvalue weighted by atomic mass is 16.5. The van der Waals surface area contributed by atoms with Crippen molar-refractivity contribution in [3.63, 3.8) is 0 Å². The Kier molecular flexibility index (Phi) is 4.78. The molecule has 4 aliphatic carbocycles. The fraction of sp³-hybridized carbons (Fsp3) is 0.900. The van der Waals surface area contributed by atoms with Gasteiger partial charge in [-0.05, 0) is 96.2 Å². The van der Waals surface area contributed by atoms with Gasteiger partial charge in [0, 0.05) is 5.41 Å². The van der Waals surface area contributed by atoms with E-state index in [0.29, 0.717) is 41.1 Å². The molecule has 0 aromatic rings. The number of cyclic esters (lactones) is 1. The molecule has 0 amide bonds. The molecule has 0 N–H and O–H groups in total. The van der Waals surface area contributed by atoms with Crippen LogP contribution in [0.3, 0.4) is 0 Å². The van der Waals surface area contributed by atoms with Crippen LogP contribution < -0.4 is 0 Å². The first-order chi connectivity index (χ1) is 14.7. The summed E-state index contributed by atoms with van der Waals surface area (Å²) in [5.74, 6) is 1.98. The number of carbonyl (C=O) groups is 1. The van der Waals surface area contributed by atoms with Crippen molar-refractivity contribution in [2.24, 2.45) is 50.2 Å². The molecule has 0 unspecified atom stereocenters. The molecule has 2 heteroatoms. The van der Waals surface area contributed by atoms with E-state index in [1.165, 1.54) is 51.4 Å². The molecule has 0 radical (unpaired) electrons. The lowest BCUT2D eigenvalue weighted by Crippen LogP contribution is -2.60. The highest BCUT2D eigenvalue weighted by Gasteiger charge is 2.66. The average molecular weight is 441 g/mol. The minimum absolute atomic E-state index is 0.0405. The third kappa shape index (κ3) is 2.99. The Labute approximate surface area is 197 Å². The van der Waals surface area contributed by atoms with Gasteiger partial charge in [0.25, 0.3) is 0 Å². The summed E-state index contributed by atoms with van der Waals surface area (Å²) in [6.45, 7) is 20.6. The van der Waals surface area contributed by atoms with Crippen LogP contribution in [0.2, 0.25) is 0 Å². The molecule has 5 rings (SSSR count). The summed E-state index contributed by atoms with van der Waals surface area (Å²) in [6, 6.07) is 0. The Morgan fingerprint density at radius 1 is 0.812 bits per heavy atom. The molecule has 1 saturated heterocycles. The largest absolute Gasteiger partial charge is 0.465 e. The molecule has 0 bridgehead atoms. The van der Waals surface area contributed by atoms with Crippen molar-refractivity contribution in [2.75, 3.05) is 6.61 Å². The van der Waals surface area contributed by atoms with Crippen LogP contribution in [0.1, 0.15) is 113 Å². The first kappa shape index (κ1) is 23.0. The predicted molar refractivity (Wildman–Crippen MR) is 131 cm³/mol. The maximum absolute atomic E-state index is 12.8. The number of fused-ring (bicyclic) bond motifs is 7. The van der Waals surface area contributed by atoms with Gasteiger partial charge in [-0.1, -0.05) is 67.0 Å². The Hall–Kier alpha value is -0.790. The second-order valence-electron chi connectivity index (χ2n) is 15.2. The van der Waals surface area contributed by atoms with E-state index in [2.05, 4.69) is 61.5 Å². The van der Waals surface area contributed by atoms with Gasteiger partial charge in [0.1, 0.15) is 0 Å². The lowest BCUT2D eigenvalue weighted by atomic mass is 9.36. The fourth-order valence-corrected chi connectivity index (χ4v) is 10.5. The summed E-state index contributed by atoms with van der Waals surface area (Å²) in [5.41, 5.74) is 3.37. The van der Waals surface area contributed by atoms with Crippen LogP contribution in [0.5, 0.6) is 0 Å². The highest BCUT2D eigenvalue weighted by Crippen LogP contribution is 2.74. The van der Waals surface area contributed by atoms with Gasteiger partial charge in [0.15, 0.2) is 0 Å². The number of esters is 1. The molecule has 32 heavy (non-hydrogen) atoms. The van der Waals surface area contributed by atoms with Crippen LogP contribution >= 0.6 is 0 Å². The molecular formula is C30H48O2. The van der Waals surface area contributed by atoms with Crippen molar-refractivity contribution in [3.05, 3.63) is 11.6 Å². The number of hydrogen-bond acceptors (Lipinski definition) is 2. The van der Waals surface area contributed by atoms with E-state index in [9.17, 15) is 4.79 Å². The lowest BCUT2D eigenvalue weighted by molar-refractivity contribution is -0.150. The summed E-state index contributed by atoms with van der Waals surface area (Å²) >= 11 is 0. The van der Waals surface area contributed by atoms with E-state index >= 15 is 0 Å². The van der Waals surface area contributed by atoms with Crippen LogP contribution in [0.25, 0.3) is 0 Å². The molecule has 1 heterocycles. The van der Waals surface area contributed by atoms with Crippen LogP contribution in [-0.2, 0) is 9.53 Å². The number of ether oxygens (including phenoxy) is 1. The standard InChI is InChI=1S/C30H48O2/c1-25(2)15-16-27(5)12-9-21-28(6)13-10-20-26(3,4)19-32-24(31)18-30(20,8)22(28)11-14-29(21,7)23(27)17-25/h9,20,22-23H,10-19H2,1-8H3/t20-,22-,23+,27-,28-,29+,30-/m0/s1. The third-order valence-electron chi connectivity index (χ3n) is 12.1. The van der Waals surface area contributed by atoms with Crippen molar-refractivity contribution < 1.29 is 9.53 Å². The van der Waals surface area contributed by atoms with Crippen molar-refractivity contribution >= 4 is 5.97 Å². The second kappa shape index (κ2) is 6.66. The van der Waals surface area contributed by atoms with Gasteiger partial charge in [0.2, 0.25) is 0 Å². The van der Waals surface area contributed by atoms with Gasteiger partial charge in [-0.2, -0.15) is 0 Å². The van der Waals surface area contributed by atoms with Crippen LogP contribution in [0, 0.1) is 50.2 Å². The molecule has 4 fully saturated rings. The van der Waals surface area contributed by atoms with Crippen molar-refractivity contribution in [1.29, 1.82) is 0 Å². The molecule has 0 aromatic carbocycles. The lowest BCUT2D eigenvalue weighted by Gasteiger charge is -2.68. The normalized spacial score (nSPS) is 51.7. The molecule has 3 saturated carbocycles. The van der Waals surface area contributed by atoms with Gasteiger partial charge in [-0.25, -0.2) is 0 Å². The number of rotatable bonds is 0. The number of allylic oxidation sites excluding steroid dienone is 2. The predicted octanol–water partition coefficient (Wildman–Crippen LogP) is 7.96. The highest BCUT2D eigenvalue weighted by molar-refractivity contribution is 5.71. The molecule has 1 aliphatic heterocycles. The summed E-state index contributed by atoms with van der Waals surface area (Å²) < 4.78 is 5.77. The summed E-state index contributed by atoms with van der Waals surface area (Å²) in [6.07, 6.45) is 13.8. The van der Waals surface area contributed by atoms with Crippen LogP contribution in [0.4, 0.5) is 0 Å². The van der Waals surface area contributed by atoms with Crippen LogP contribution in [0.15, 0.2) is 11.6 Å². The Bertz CT molecular complexity index is 851. The van der Waals surface area contributed by atoms with Gasteiger partial charge < -0.3 is 4.74 Å². The van der Waals surface area contributed by atoms with E-state index in [1.807, 2.05) is 0 Å². The second-order valence-corrected chi connectivity index (χ2v) is 15.2. The molecule has 7 atom stereocenters. The van der Waals surface area contributed by atoms with Crippen molar-refractivity contribution in [3.8, 4) is 0 Å². The zero-order valence-corrected chi connectivity index (χ0v) is 22.2. The van der Waals surface area contributed by atoms with Gasteiger partial charge in [-0.15, -0.1) is 0 Å². The minimum atomic E-state index is 0.0405. The van der Waals surface area contributed by atoms with E-state index in [4.69, 9.17) is 4.74 Å². The molecule has 2 nitrogen and oxygen atoms in total. The molecular weight excluding hydrogens is 392 g/mol. The summed E-state index contributed by atoms with van der Waals surface area (Å²) in [7, 11) is 0. The topological polar surface area (TPSA) is 26.3 Å². The van der Waals surface area contributed by atoms with E-state index < -0.39 is 0 Å². The first-order valence-corrected chi connectivity index (χ1v) is 13.5. The Balaban J connectivity index is 1.58. The zero-order chi connectivity index (χ0) is 23.4. The molecule has 0 spiro atoms. The third-order valence-corrected chi connectivity index (χ3v) is 12.1. The van der Waals surface area contributed by atoms with Gasteiger partial charge >= 0.3 is 5.97 Å². The average Bonchev–Trinajstić information content (AvgIpc) is 2.75.